The van der Waals surface area contributed by atoms with Gasteiger partial charge in [0, 0.05) is 18.5 Å². The molecule has 23 heavy (non-hydrogen) atoms. The molecule has 0 aliphatic heterocycles. The third kappa shape index (κ3) is 3.59. The molecule has 1 aliphatic carbocycles. The summed E-state index contributed by atoms with van der Waals surface area (Å²) in [5.41, 5.74) is 7.51. The number of hydrogen-bond donors (Lipinski definition) is 2. The van der Waals surface area contributed by atoms with Crippen LogP contribution < -0.4 is 11.1 Å². The molecule has 122 valence electrons. The van der Waals surface area contributed by atoms with Crippen molar-refractivity contribution in [3.8, 4) is 5.69 Å². The van der Waals surface area contributed by atoms with Crippen molar-refractivity contribution in [2.24, 2.45) is 11.7 Å². The van der Waals surface area contributed by atoms with E-state index in [0.717, 1.165) is 25.0 Å². The van der Waals surface area contributed by atoms with E-state index in [1.54, 1.807) is 22.9 Å². The van der Waals surface area contributed by atoms with Crippen LogP contribution in [0, 0.1) is 18.7 Å². The Morgan fingerprint density at radius 3 is 2.78 bits per heavy atom. The number of anilines is 1. The molecule has 1 aliphatic rings. The van der Waals surface area contributed by atoms with Gasteiger partial charge in [-0.25, -0.2) is 9.07 Å². The van der Waals surface area contributed by atoms with Gasteiger partial charge in [-0.3, -0.25) is 4.79 Å². The number of carbonyl (C=O) groups excluding carboxylic acids is 1. The molecular formula is C17H21FN4O. The fourth-order valence-corrected chi connectivity index (χ4v) is 3.12. The van der Waals surface area contributed by atoms with E-state index >= 15 is 0 Å². The maximum absolute atomic E-state index is 13.1. The fraction of sp³-hybridized carbons (Fsp3) is 0.412. The molecule has 2 aromatic rings. The van der Waals surface area contributed by atoms with E-state index in [1.165, 1.54) is 12.1 Å². The van der Waals surface area contributed by atoms with Gasteiger partial charge in [-0.1, -0.05) is 6.42 Å². The van der Waals surface area contributed by atoms with Crippen LogP contribution in [0.2, 0.25) is 0 Å². The van der Waals surface area contributed by atoms with Gasteiger partial charge in [0.15, 0.2) is 0 Å². The van der Waals surface area contributed by atoms with E-state index in [9.17, 15) is 9.18 Å². The monoisotopic (exact) mass is 316 g/mol. The minimum absolute atomic E-state index is 0.0596. The SMILES string of the molecule is Cc1cc(NC(=O)C[C@@H]2CCC[C@H]2N)n(-c2ccc(F)cc2)n1. The van der Waals surface area contributed by atoms with Gasteiger partial charge in [0.05, 0.1) is 11.4 Å². The molecule has 1 amide bonds. The lowest BCUT2D eigenvalue weighted by Crippen LogP contribution is -2.28. The van der Waals surface area contributed by atoms with E-state index in [2.05, 4.69) is 10.4 Å². The molecular weight excluding hydrogens is 295 g/mol. The number of benzene rings is 1. The second kappa shape index (κ2) is 6.50. The van der Waals surface area contributed by atoms with Gasteiger partial charge in [-0.2, -0.15) is 5.10 Å². The van der Waals surface area contributed by atoms with Crippen LogP contribution in [0.5, 0.6) is 0 Å². The quantitative estimate of drug-likeness (QED) is 0.911. The van der Waals surface area contributed by atoms with Crippen molar-refractivity contribution in [3.05, 3.63) is 41.8 Å². The highest BCUT2D eigenvalue weighted by atomic mass is 19.1. The van der Waals surface area contributed by atoms with Crippen molar-refractivity contribution in [1.82, 2.24) is 9.78 Å². The summed E-state index contributed by atoms with van der Waals surface area (Å²) in [6, 6.07) is 7.92. The van der Waals surface area contributed by atoms with Gasteiger partial charge in [-0.15, -0.1) is 0 Å². The fourth-order valence-electron chi connectivity index (χ4n) is 3.12. The van der Waals surface area contributed by atoms with E-state index in [-0.39, 0.29) is 23.7 Å². The number of nitrogens with zero attached hydrogens (tertiary/aromatic N) is 2. The topological polar surface area (TPSA) is 72.9 Å². The molecule has 1 fully saturated rings. The van der Waals surface area contributed by atoms with Gasteiger partial charge in [0.2, 0.25) is 5.91 Å². The zero-order chi connectivity index (χ0) is 16.4. The molecule has 0 bridgehead atoms. The van der Waals surface area contributed by atoms with Gasteiger partial charge in [0.1, 0.15) is 11.6 Å². The number of aromatic nitrogens is 2. The smallest absolute Gasteiger partial charge is 0.225 e. The summed E-state index contributed by atoms with van der Waals surface area (Å²) in [4.78, 5) is 12.3. The molecule has 1 heterocycles. The van der Waals surface area contributed by atoms with Crippen LogP contribution in [0.4, 0.5) is 10.2 Å². The summed E-state index contributed by atoms with van der Waals surface area (Å²) >= 11 is 0. The number of rotatable bonds is 4. The maximum atomic E-state index is 13.1. The Morgan fingerprint density at radius 2 is 2.13 bits per heavy atom. The zero-order valence-corrected chi connectivity index (χ0v) is 13.1. The average molecular weight is 316 g/mol. The van der Waals surface area contributed by atoms with Gasteiger partial charge in [0.25, 0.3) is 0 Å². The summed E-state index contributed by atoms with van der Waals surface area (Å²) in [6.45, 7) is 1.85. The second-order valence-electron chi connectivity index (χ2n) is 6.17. The van der Waals surface area contributed by atoms with Gasteiger partial charge in [-0.05, 0) is 49.9 Å². The second-order valence-corrected chi connectivity index (χ2v) is 6.17. The van der Waals surface area contributed by atoms with Crippen molar-refractivity contribution >= 4 is 11.7 Å². The Bertz CT molecular complexity index is 695. The standard InChI is InChI=1S/C17H21FN4O/c1-11-9-16(20-17(23)10-12-3-2-4-15(12)19)22(21-11)14-7-5-13(18)6-8-14/h5-9,12,15H,2-4,10,19H2,1H3,(H,20,23)/t12-,15+/m0/s1. The van der Waals surface area contributed by atoms with Crippen LogP contribution in [0.25, 0.3) is 5.69 Å². The lowest BCUT2D eigenvalue weighted by molar-refractivity contribution is -0.117. The largest absolute Gasteiger partial charge is 0.327 e. The van der Waals surface area contributed by atoms with Gasteiger partial charge < -0.3 is 11.1 Å². The van der Waals surface area contributed by atoms with Crippen LogP contribution in [-0.4, -0.2) is 21.7 Å². The van der Waals surface area contributed by atoms with Crippen LogP contribution in [0.3, 0.4) is 0 Å². The average Bonchev–Trinajstić information content (AvgIpc) is 3.06. The Balaban J connectivity index is 1.75. The third-order valence-corrected chi connectivity index (χ3v) is 4.34. The van der Waals surface area contributed by atoms with E-state index < -0.39 is 0 Å². The Labute approximate surface area is 134 Å². The minimum atomic E-state index is -0.307. The Morgan fingerprint density at radius 1 is 1.39 bits per heavy atom. The molecule has 0 unspecified atom stereocenters. The lowest BCUT2D eigenvalue weighted by Gasteiger charge is -2.15. The molecule has 1 saturated carbocycles. The highest BCUT2D eigenvalue weighted by Gasteiger charge is 2.26. The first kappa shape index (κ1) is 15.7. The number of hydrogen-bond acceptors (Lipinski definition) is 3. The molecule has 1 aromatic carbocycles. The van der Waals surface area contributed by atoms with E-state index in [1.807, 2.05) is 6.92 Å². The molecule has 6 heteroatoms. The predicted molar refractivity (Wildman–Crippen MR) is 86.8 cm³/mol. The van der Waals surface area contributed by atoms with Crippen molar-refractivity contribution in [2.75, 3.05) is 5.32 Å². The van der Waals surface area contributed by atoms with E-state index in [4.69, 9.17) is 5.73 Å². The van der Waals surface area contributed by atoms with Crippen molar-refractivity contribution in [1.29, 1.82) is 0 Å². The number of amides is 1. The molecule has 3 N–H and O–H groups in total. The summed E-state index contributed by atoms with van der Waals surface area (Å²) in [7, 11) is 0. The van der Waals surface area contributed by atoms with Gasteiger partial charge >= 0.3 is 0 Å². The molecule has 0 radical (unpaired) electrons. The molecule has 1 aromatic heterocycles. The number of halogens is 1. The third-order valence-electron chi connectivity index (χ3n) is 4.34. The molecule has 2 atom stereocenters. The minimum Gasteiger partial charge on any atom is -0.327 e. The first-order valence-corrected chi connectivity index (χ1v) is 7.91. The van der Waals surface area contributed by atoms with Crippen molar-refractivity contribution < 1.29 is 9.18 Å². The van der Waals surface area contributed by atoms with Crippen LogP contribution in [0.15, 0.2) is 30.3 Å². The lowest BCUT2D eigenvalue weighted by atomic mass is 10.00. The Kier molecular flexibility index (Phi) is 4.43. The van der Waals surface area contributed by atoms with Crippen molar-refractivity contribution in [3.63, 3.8) is 0 Å². The number of aryl methyl sites for hydroxylation is 1. The number of nitrogens with one attached hydrogen (secondary N) is 1. The summed E-state index contributed by atoms with van der Waals surface area (Å²) in [5, 5.41) is 7.27. The van der Waals surface area contributed by atoms with Crippen LogP contribution in [-0.2, 0) is 4.79 Å². The summed E-state index contributed by atoms with van der Waals surface area (Å²) < 4.78 is 14.7. The molecule has 0 saturated heterocycles. The highest BCUT2D eigenvalue weighted by Crippen LogP contribution is 2.27. The number of nitrogens with two attached hydrogens (primary N) is 1. The molecule has 3 rings (SSSR count). The van der Waals surface area contributed by atoms with E-state index in [0.29, 0.717) is 17.9 Å². The van der Waals surface area contributed by atoms with Crippen molar-refractivity contribution in [2.45, 2.75) is 38.6 Å². The Hall–Kier alpha value is -2.21. The number of carbonyl (C=O) groups is 1. The molecule has 5 nitrogen and oxygen atoms in total. The molecule has 0 spiro atoms. The normalized spacial score (nSPS) is 20.7. The predicted octanol–water partition coefficient (Wildman–Crippen LogP) is 2.78. The van der Waals surface area contributed by atoms with Crippen LogP contribution in [0.1, 0.15) is 31.4 Å². The first-order chi connectivity index (χ1) is 11.0. The highest BCUT2D eigenvalue weighted by molar-refractivity contribution is 5.90. The first-order valence-electron chi connectivity index (χ1n) is 7.91. The van der Waals surface area contributed by atoms with Crippen LogP contribution >= 0.6 is 0 Å². The summed E-state index contributed by atoms with van der Waals surface area (Å²) in [6.07, 6.45) is 3.51. The maximum Gasteiger partial charge on any atom is 0.225 e. The summed E-state index contributed by atoms with van der Waals surface area (Å²) in [5.74, 6) is 0.470. The zero-order valence-electron chi connectivity index (χ0n) is 13.1.